The third kappa shape index (κ3) is 5.33. The number of aliphatic hydroxyl groups is 1. The molecule has 0 spiro atoms. The van der Waals surface area contributed by atoms with Crippen molar-refractivity contribution in [3.63, 3.8) is 0 Å². The highest BCUT2D eigenvalue weighted by Gasteiger charge is 2.41. The van der Waals surface area contributed by atoms with E-state index in [0.717, 1.165) is 28.0 Å². The van der Waals surface area contributed by atoms with Crippen molar-refractivity contribution >= 4 is 5.91 Å². The summed E-state index contributed by atoms with van der Waals surface area (Å²) in [6, 6.07) is 36.4. The van der Waals surface area contributed by atoms with E-state index in [-0.39, 0.29) is 17.9 Å². The van der Waals surface area contributed by atoms with Crippen molar-refractivity contribution in [2.24, 2.45) is 0 Å². The second-order valence-electron chi connectivity index (χ2n) is 9.06. The number of rotatable bonds is 8. The van der Waals surface area contributed by atoms with Crippen LogP contribution < -0.4 is 15.4 Å². The van der Waals surface area contributed by atoms with Gasteiger partial charge in [-0.05, 0) is 22.8 Å². The summed E-state index contributed by atoms with van der Waals surface area (Å²) in [7, 11) is 0. The molecule has 1 saturated heterocycles. The van der Waals surface area contributed by atoms with Crippen molar-refractivity contribution in [3.8, 4) is 5.75 Å². The van der Waals surface area contributed by atoms with Gasteiger partial charge >= 0.3 is 0 Å². The highest BCUT2D eigenvalue weighted by atomic mass is 16.5. The van der Waals surface area contributed by atoms with E-state index in [9.17, 15) is 9.90 Å². The first kappa shape index (κ1) is 23.8. The van der Waals surface area contributed by atoms with Crippen LogP contribution in [0, 0.1) is 0 Å². The number of carbonyl (C=O) groups excluding carboxylic acids is 1. The van der Waals surface area contributed by atoms with Gasteiger partial charge in [0.2, 0.25) is 5.91 Å². The van der Waals surface area contributed by atoms with E-state index >= 15 is 0 Å². The molecule has 5 heteroatoms. The van der Waals surface area contributed by atoms with Crippen LogP contribution in [0.2, 0.25) is 0 Å². The number of para-hydroxylation sites is 1. The molecule has 1 aliphatic rings. The summed E-state index contributed by atoms with van der Waals surface area (Å²) in [5.74, 6) is 0.227. The Hall–Kier alpha value is -3.93. The summed E-state index contributed by atoms with van der Waals surface area (Å²) in [4.78, 5) is 13.4. The molecule has 36 heavy (non-hydrogen) atoms. The number of carbonyl (C=O) groups is 1. The maximum absolute atomic E-state index is 13.4. The maximum atomic E-state index is 13.4. The third-order valence-electron chi connectivity index (χ3n) is 6.70. The fraction of sp³-hybridized carbons (Fsp3) is 0.194. The molecular formula is C31H30N2O3. The van der Waals surface area contributed by atoms with Crippen LogP contribution >= 0.6 is 0 Å². The predicted octanol–water partition coefficient (Wildman–Crippen LogP) is 4.59. The van der Waals surface area contributed by atoms with E-state index < -0.39 is 12.1 Å². The average Bonchev–Trinajstić information content (AvgIpc) is 3.33. The van der Waals surface area contributed by atoms with E-state index in [1.807, 2.05) is 115 Å². The number of benzene rings is 4. The molecule has 0 bridgehead atoms. The molecule has 4 aromatic carbocycles. The van der Waals surface area contributed by atoms with Crippen molar-refractivity contribution < 1.29 is 14.6 Å². The molecule has 0 unspecified atom stereocenters. The summed E-state index contributed by atoms with van der Waals surface area (Å²) < 4.78 is 6.12. The molecule has 3 atom stereocenters. The maximum Gasteiger partial charge on any atom is 0.240 e. The van der Waals surface area contributed by atoms with Crippen LogP contribution in [0.5, 0.6) is 5.75 Å². The monoisotopic (exact) mass is 478 g/mol. The Bertz CT molecular complexity index is 1230. The van der Waals surface area contributed by atoms with Crippen LogP contribution in [0.1, 0.15) is 34.2 Å². The van der Waals surface area contributed by atoms with Gasteiger partial charge in [0, 0.05) is 18.0 Å². The molecule has 0 saturated carbocycles. The molecule has 3 N–H and O–H groups in total. The van der Waals surface area contributed by atoms with Gasteiger partial charge in [-0.25, -0.2) is 0 Å². The molecule has 1 fully saturated rings. The molecule has 0 aliphatic carbocycles. The number of amides is 1. The molecule has 1 heterocycles. The zero-order chi connectivity index (χ0) is 24.7. The lowest BCUT2D eigenvalue weighted by Crippen LogP contribution is -2.47. The summed E-state index contributed by atoms with van der Waals surface area (Å²) in [5.41, 5.74) is 3.94. The predicted molar refractivity (Wildman–Crippen MR) is 141 cm³/mol. The zero-order valence-corrected chi connectivity index (χ0v) is 20.0. The Morgan fingerprint density at radius 1 is 0.833 bits per heavy atom. The van der Waals surface area contributed by atoms with Gasteiger partial charge < -0.3 is 20.5 Å². The minimum absolute atomic E-state index is 0.231. The van der Waals surface area contributed by atoms with Crippen molar-refractivity contribution in [1.29, 1.82) is 0 Å². The Labute approximate surface area is 211 Å². The number of nitrogens with one attached hydrogen (secondary N) is 2. The van der Waals surface area contributed by atoms with Gasteiger partial charge in [-0.3, -0.25) is 4.79 Å². The fourth-order valence-electron chi connectivity index (χ4n) is 4.81. The Morgan fingerprint density at radius 2 is 1.39 bits per heavy atom. The third-order valence-corrected chi connectivity index (χ3v) is 6.70. The Kier molecular flexibility index (Phi) is 7.41. The van der Waals surface area contributed by atoms with E-state index in [2.05, 4.69) is 10.6 Å². The summed E-state index contributed by atoms with van der Waals surface area (Å²) >= 11 is 0. The van der Waals surface area contributed by atoms with Crippen LogP contribution in [-0.2, 0) is 11.4 Å². The first-order valence-electron chi connectivity index (χ1n) is 12.3. The topological polar surface area (TPSA) is 70.6 Å². The van der Waals surface area contributed by atoms with E-state index in [1.165, 1.54) is 0 Å². The van der Waals surface area contributed by atoms with Crippen molar-refractivity contribution in [1.82, 2.24) is 10.6 Å². The van der Waals surface area contributed by atoms with Crippen molar-refractivity contribution in [2.75, 3.05) is 6.54 Å². The lowest BCUT2D eigenvalue weighted by atomic mass is 9.92. The second-order valence-corrected chi connectivity index (χ2v) is 9.06. The lowest BCUT2D eigenvalue weighted by molar-refractivity contribution is -0.125. The number of hydrogen-bond donors (Lipinski definition) is 3. The van der Waals surface area contributed by atoms with Crippen LogP contribution in [0.4, 0.5) is 0 Å². The van der Waals surface area contributed by atoms with Crippen molar-refractivity contribution in [3.05, 3.63) is 138 Å². The number of ether oxygens (including phenoxy) is 1. The molecule has 1 amide bonds. The highest BCUT2D eigenvalue weighted by molar-refractivity contribution is 5.84. The first-order chi connectivity index (χ1) is 17.7. The standard InChI is InChI=1S/C31H30N2O3/c34-30-26(25-18-10-11-19-27(25)36-21-22-12-4-1-5-13-22)20-32-29(30)31(35)33-28(23-14-6-2-7-15-23)24-16-8-3-9-17-24/h1-19,26,28-30,32,34H,20-21H2,(H,33,35)/t26-,29+,30-/m1/s1. The quantitative estimate of drug-likeness (QED) is 0.347. The molecular weight excluding hydrogens is 448 g/mol. The molecule has 4 aromatic rings. The van der Waals surface area contributed by atoms with Crippen LogP contribution in [0.3, 0.4) is 0 Å². The van der Waals surface area contributed by atoms with Gasteiger partial charge in [0.1, 0.15) is 18.4 Å². The van der Waals surface area contributed by atoms with Crippen LogP contribution in [-0.4, -0.2) is 29.7 Å². The number of hydrogen-bond acceptors (Lipinski definition) is 4. The zero-order valence-electron chi connectivity index (χ0n) is 20.0. The first-order valence-corrected chi connectivity index (χ1v) is 12.3. The smallest absolute Gasteiger partial charge is 0.240 e. The van der Waals surface area contributed by atoms with Crippen LogP contribution in [0.15, 0.2) is 115 Å². The van der Waals surface area contributed by atoms with Gasteiger partial charge in [0.05, 0.1) is 12.1 Å². The van der Waals surface area contributed by atoms with Gasteiger partial charge in [-0.1, -0.05) is 109 Å². The Morgan fingerprint density at radius 3 is 2.03 bits per heavy atom. The summed E-state index contributed by atoms with van der Waals surface area (Å²) in [6.45, 7) is 0.917. The molecule has 182 valence electrons. The molecule has 1 aliphatic heterocycles. The minimum atomic E-state index is -0.890. The van der Waals surface area contributed by atoms with Gasteiger partial charge in [0.25, 0.3) is 0 Å². The highest BCUT2D eigenvalue weighted by Crippen LogP contribution is 2.34. The fourth-order valence-corrected chi connectivity index (χ4v) is 4.81. The summed E-state index contributed by atoms with van der Waals surface area (Å²) in [5, 5.41) is 17.7. The molecule has 0 radical (unpaired) electrons. The van der Waals surface area contributed by atoms with Crippen LogP contribution in [0.25, 0.3) is 0 Å². The average molecular weight is 479 g/mol. The largest absolute Gasteiger partial charge is 0.489 e. The van der Waals surface area contributed by atoms with E-state index in [0.29, 0.717) is 13.2 Å². The molecule has 5 rings (SSSR count). The summed E-state index contributed by atoms with van der Waals surface area (Å²) in [6.07, 6.45) is -0.890. The Balaban J connectivity index is 1.31. The van der Waals surface area contributed by atoms with Gasteiger partial charge in [0.15, 0.2) is 0 Å². The second kappa shape index (κ2) is 11.2. The van der Waals surface area contributed by atoms with E-state index in [4.69, 9.17) is 4.74 Å². The molecule has 0 aromatic heterocycles. The SMILES string of the molecule is O=C(NC(c1ccccc1)c1ccccc1)[C@H]1NC[C@H](c2ccccc2OCc2ccccc2)[C@H]1O. The minimum Gasteiger partial charge on any atom is -0.489 e. The number of aliphatic hydroxyl groups excluding tert-OH is 1. The normalized spacial score (nSPS) is 19.2. The van der Waals surface area contributed by atoms with E-state index in [1.54, 1.807) is 0 Å². The van der Waals surface area contributed by atoms with Gasteiger partial charge in [-0.15, -0.1) is 0 Å². The molecule has 5 nitrogen and oxygen atoms in total. The van der Waals surface area contributed by atoms with Gasteiger partial charge in [-0.2, -0.15) is 0 Å². The van der Waals surface area contributed by atoms with Crippen molar-refractivity contribution in [2.45, 2.75) is 30.7 Å². The lowest BCUT2D eigenvalue weighted by Gasteiger charge is -2.24.